The van der Waals surface area contributed by atoms with Crippen LogP contribution in [0.1, 0.15) is 32.3 Å². The lowest BCUT2D eigenvalue weighted by Crippen LogP contribution is -2.39. The third-order valence-electron chi connectivity index (χ3n) is 4.20. The number of nitrogen functional groups attached to an aromatic ring is 1. The van der Waals surface area contributed by atoms with Gasteiger partial charge in [0.2, 0.25) is 10.0 Å². The van der Waals surface area contributed by atoms with E-state index >= 15 is 0 Å². The Morgan fingerprint density at radius 3 is 2.43 bits per heavy atom. The molecule has 1 heterocycles. The second-order valence-corrected chi connectivity index (χ2v) is 7.76. The van der Waals surface area contributed by atoms with Crippen molar-refractivity contribution >= 4 is 15.7 Å². The van der Waals surface area contributed by atoms with Crippen molar-refractivity contribution in [3.05, 3.63) is 23.8 Å². The van der Waals surface area contributed by atoms with Gasteiger partial charge in [-0.25, -0.2) is 8.42 Å². The van der Waals surface area contributed by atoms with Gasteiger partial charge in [0.25, 0.3) is 0 Å². The molecule has 0 unspecified atom stereocenters. The Balaban J connectivity index is 2.22. The monoisotopic (exact) mass is 307 g/mol. The van der Waals surface area contributed by atoms with E-state index in [4.69, 9.17) is 11.0 Å². The van der Waals surface area contributed by atoms with Crippen LogP contribution >= 0.6 is 0 Å². The fraction of sp³-hybridized carbons (Fsp3) is 0.533. The predicted octanol–water partition coefficient (Wildman–Crippen LogP) is 2.20. The van der Waals surface area contributed by atoms with Gasteiger partial charge in [-0.15, -0.1) is 0 Å². The van der Waals surface area contributed by atoms with E-state index < -0.39 is 10.0 Å². The highest BCUT2D eigenvalue weighted by Gasteiger charge is 2.31. The van der Waals surface area contributed by atoms with E-state index in [1.807, 2.05) is 6.07 Å². The van der Waals surface area contributed by atoms with Crippen molar-refractivity contribution < 1.29 is 8.42 Å². The summed E-state index contributed by atoms with van der Waals surface area (Å²) >= 11 is 0. The zero-order valence-electron chi connectivity index (χ0n) is 12.4. The molecule has 1 aliphatic heterocycles. The van der Waals surface area contributed by atoms with Crippen LogP contribution in [0, 0.1) is 23.2 Å². The molecule has 2 N–H and O–H groups in total. The largest absolute Gasteiger partial charge is 0.398 e. The lowest BCUT2D eigenvalue weighted by Gasteiger charge is -2.33. The van der Waals surface area contributed by atoms with Crippen molar-refractivity contribution in [2.24, 2.45) is 11.8 Å². The molecule has 0 spiro atoms. The van der Waals surface area contributed by atoms with Crippen molar-refractivity contribution in [3.8, 4) is 6.07 Å². The lowest BCUT2D eigenvalue weighted by molar-refractivity contribution is 0.226. The first-order chi connectivity index (χ1) is 9.86. The van der Waals surface area contributed by atoms with Gasteiger partial charge in [-0.2, -0.15) is 9.57 Å². The van der Waals surface area contributed by atoms with Crippen molar-refractivity contribution in [2.45, 2.75) is 31.6 Å². The van der Waals surface area contributed by atoms with Crippen LogP contribution in [0.15, 0.2) is 23.1 Å². The van der Waals surface area contributed by atoms with Crippen LogP contribution in [-0.2, 0) is 10.0 Å². The van der Waals surface area contributed by atoms with Crippen LogP contribution in [-0.4, -0.2) is 25.8 Å². The van der Waals surface area contributed by atoms with E-state index in [1.54, 1.807) is 0 Å². The van der Waals surface area contributed by atoms with Gasteiger partial charge in [-0.05, 0) is 42.9 Å². The molecule has 21 heavy (non-hydrogen) atoms. The second-order valence-electron chi connectivity index (χ2n) is 5.85. The third kappa shape index (κ3) is 3.20. The summed E-state index contributed by atoms with van der Waals surface area (Å²) in [5.41, 5.74) is 6.31. The number of sulfonamides is 1. The van der Waals surface area contributed by atoms with Gasteiger partial charge in [-0.3, -0.25) is 0 Å². The topological polar surface area (TPSA) is 87.2 Å². The van der Waals surface area contributed by atoms with Gasteiger partial charge in [0.1, 0.15) is 4.90 Å². The number of rotatable bonds is 3. The summed E-state index contributed by atoms with van der Waals surface area (Å²) in [6, 6.07) is 6.28. The molecule has 0 aromatic heterocycles. The van der Waals surface area contributed by atoms with Gasteiger partial charge in [0, 0.05) is 13.1 Å². The number of piperidine rings is 1. The van der Waals surface area contributed by atoms with Gasteiger partial charge in [0.15, 0.2) is 0 Å². The minimum atomic E-state index is -3.57. The van der Waals surface area contributed by atoms with E-state index in [0.717, 1.165) is 12.8 Å². The SMILES string of the molecule is CC(C)C1CCN(S(=O)(=O)c2ccc(C#N)cc2N)CC1. The Morgan fingerprint density at radius 1 is 1.33 bits per heavy atom. The molecule has 5 nitrogen and oxygen atoms in total. The van der Waals surface area contributed by atoms with E-state index in [9.17, 15) is 8.42 Å². The number of anilines is 1. The van der Waals surface area contributed by atoms with Crippen molar-refractivity contribution in [3.63, 3.8) is 0 Å². The molecule has 0 atom stereocenters. The summed E-state index contributed by atoms with van der Waals surface area (Å²) in [4.78, 5) is 0.101. The summed E-state index contributed by atoms with van der Waals surface area (Å²) in [6.45, 7) is 5.41. The molecule has 6 heteroatoms. The summed E-state index contributed by atoms with van der Waals surface area (Å²) in [5, 5.41) is 8.82. The molecule has 2 rings (SSSR count). The molecule has 1 aromatic carbocycles. The Morgan fingerprint density at radius 2 is 1.95 bits per heavy atom. The first-order valence-corrected chi connectivity index (χ1v) is 8.60. The predicted molar refractivity (Wildman–Crippen MR) is 81.9 cm³/mol. The molecule has 1 aliphatic rings. The molecule has 0 radical (unpaired) electrons. The highest BCUT2D eigenvalue weighted by atomic mass is 32.2. The number of nitrogens with zero attached hydrogens (tertiary/aromatic N) is 2. The minimum Gasteiger partial charge on any atom is -0.398 e. The van der Waals surface area contributed by atoms with Gasteiger partial charge >= 0.3 is 0 Å². The third-order valence-corrected chi connectivity index (χ3v) is 6.17. The van der Waals surface area contributed by atoms with Crippen molar-refractivity contribution in [1.82, 2.24) is 4.31 Å². The molecule has 1 saturated heterocycles. The summed E-state index contributed by atoms with van der Waals surface area (Å²) in [6.07, 6.45) is 1.76. The quantitative estimate of drug-likeness (QED) is 0.867. The van der Waals surface area contributed by atoms with Crippen LogP contribution in [0.25, 0.3) is 0 Å². The summed E-state index contributed by atoms with van der Waals surface area (Å²) < 4.78 is 26.8. The van der Waals surface area contributed by atoms with Crippen LogP contribution < -0.4 is 5.73 Å². The maximum atomic E-state index is 12.6. The van der Waals surface area contributed by atoms with E-state index in [-0.39, 0.29) is 10.6 Å². The number of hydrogen-bond donors (Lipinski definition) is 1. The molecule has 1 fully saturated rings. The molecular formula is C15H21N3O2S. The van der Waals surface area contributed by atoms with Crippen molar-refractivity contribution in [1.29, 1.82) is 5.26 Å². The Labute approximate surface area is 126 Å². The average molecular weight is 307 g/mol. The zero-order valence-corrected chi connectivity index (χ0v) is 13.2. The van der Waals surface area contributed by atoms with E-state index in [0.29, 0.717) is 30.5 Å². The molecular weight excluding hydrogens is 286 g/mol. The molecule has 0 saturated carbocycles. The van der Waals surface area contributed by atoms with Gasteiger partial charge in [-0.1, -0.05) is 13.8 Å². The van der Waals surface area contributed by atoms with Crippen LogP contribution in [0.5, 0.6) is 0 Å². The molecule has 1 aromatic rings. The lowest BCUT2D eigenvalue weighted by atomic mass is 9.87. The fourth-order valence-corrected chi connectivity index (χ4v) is 4.34. The van der Waals surface area contributed by atoms with E-state index in [1.165, 1.54) is 22.5 Å². The van der Waals surface area contributed by atoms with Crippen LogP contribution in [0.4, 0.5) is 5.69 Å². The highest BCUT2D eigenvalue weighted by molar-refractivity contribution is 7.89. The zero-order chi connectivity index (χ0) is 15.6. The highest BCUT2D eigenvalue weighted by Crippen LogP contribution is 2.30. The maximum absolute atomic E-state index is 12.6. The molecule has 114 valence electrons. The number of hydrogen-bond acceptors (Lipinski definition) is 4. The number of nitrogens with two attached hydrogens (primary N) is 1. The van der Waals surface area contributed by atoms with Crippen molar-refractivity contribution in [2.75, 3.05) is 18.8 Å². The standard InChI is InChI=1S/C15H21N3O2S/c1-11(2)13-5-7-18(8-6-13)21(19,20)15-4-3-12(10-16)9-14(15)17/h3-4,9,11,13H,5-8,17H2,1-2H3. The first-order valence-electron chi connectivity index (χ1n) is 7.16. The first kappa shape index (κ1) is 15.8. The van der Waals surface area contributed by atoms with E-state index in [2.05, 4.69) is 13.8 Å². The maximum Gasteiger partial charge on any atom is 0.245 e. The Hall–Kier alpha value is -1.58. The molecule has 0 amide bonds. The number of nitriles is 1. The minimum absolute atomic E-state index is 0.101. The normalized spacial score (nSPS) is 17.8. The Kier molecular flexibility index (Phi) is 4.55. The van der Waals surface area contributed by atoms with Gasteiger partial charge < -0.3 is 5.73 Å². The Bertz CT molecular complexity index is 654. The van der Waals surface area contributed by atoms with Crippen LogP contribution in [0.2, 0.25) is 0 Å². The average Bonchev–Trinajstić information content (AvgIpc) is 2.46. The summed E-state index contributed by atoms with van der Waals surface area (Å²) in [7, 11) is -3.57. The van der Waals surface area contributed by atoms with Crippen LogP contribution in [0.3, 0.4) is 0 Å². The number of benzene rings is 1. The summed E-state index contributed by atoms with van der Waals surface area (Å²) in [5.74, 6) is 1.16. The second kappa shape index (κ2) is 6.04. The smallest absolute Gasteiger partial charge is 0.245 e. The van der Waals surface area contributed by atoms with Gasteiger partial charge in [0.05, 0.1) is 17.3 Å². The molecule has 0 bridgehead atoms. The molecule has 0 aliphatic carbocycles. The fourth-order valence-electron chi connectivity index (χ4n) is 2.77.